The molecule has 0 atom stereocenters. The summed E-state index contributed by atoms with van der Waals surface area (Å²) in [6.07, 6.45) is 0. The zero-order valence-corrected chi connectivity index (χ0v) is 17.7. The molecule has 0 unspecified atom stereocenters. The van der Waals surface area contributed by atoms with Gasteiger partial charge in [0.1, 0.15) is 17.2 Å². The first-order valence-corrected chi connectivity index (χ1v) is 8.75. The van der Waals surface area contributed by atoms with E-state index >= 15 is 0 Å². The standard InChI is InChI=1S/C24H18O4.Ca/c25-20-12-11-18(16-7-3-1-4-8-16)14-22(20)28-23-15-19(13-21(26)24(23)27)17-9-5-2-6-10-17;/h1-15,25-27H;/q;+2/p-2. The van der Waals surface area contributed by atoms with E-state index in [1.165, 1.54) is 18.2 Å². The quantitative estimate of drug-likeness (QED) is 0.511. The minimum Gasteiger partial charge on any atom is -0.870 e. The van der Waals surface area contributed by atoms with Crippen molar-refractivity contribution >= 4 is 37.7 Å². The Morgan fingerprint density at radius 3 is 1.76 bits per heavy atom. The number of rotatable bonds is 4. The van der Waals surface area contributed by atoms with E-state index < -0.39 is 11.5 Å². The molecule has 0 heterocycles. The van der Waals surface area contributed by atoms with Gasteiger partial charge in [-0.15, -0.1) is 0 Å². The van der Waals surface area contributed by atoms with Crippen molar-refractivity contribution in [3.63, 3.8) is 0 Å². The van der Waals surface area contributed by atoms with Gasteiger partial charge in [-0.05, 0) is 46.2 Å². The molecule has 4 aromatic carbocycles. The van der Waals surface area contributed by atoms with Crippen molar-refractivity contribution in [3.05, 3.63) is 91.0 Å². The Balaban J connectivity index is 0.00000240. The molecular weight excluding hydrogens is 392 g/mol. The van der Waals surface area contributed by atoms with Crippen molar-refractivity contribution < 1.29 is 20.1 Å². The summed E-state index contributed by atoms with van der Waals surface area (Å²) in [5, 5.41) is 34.7. The van der Waals surface area contributed by atoms with Crippen LogP contribution in [0.1, 0.15) is 0 Å². The summed E-state index contributed by atoms with van der Waals surface area (Å²) in [7, 11) is 0. The molecular formula is C24H16CaO4. The summed E-state index contributed by atoms with van der Waals surface area (Å²) >= 11 is 0. The van der Waals surface area contributed by atoms with Crippen molar-refractivity contribution in [1.82, 2.24) is 0 Å². The molecule has 138 valence electrons. The average Bonchev–Trinajstić information content (AvgIpc) is 2.74. The van der Waals surface area contributed by atoms with Gasteiger partial charge in [-0.1, -0.05) is 78.5 Å². The van der Waals surface area contributed by atoms with Crippen LogP contribution >= 0.6 is 0 Å². The van der Waals surface area contributed by atoms with Gasteiger partial charge in [0.2, 0.25) is 0 Å². The van der Waals surface area contributed by atoms with Crippen LogP contribution in [0.25, 0.3) is 22.3 Å². The molecule has 4 nitrogen and oxygen atoms in total. The summed E-state index contributed by atoms with van der Waals surface area (Å²) in [5.74, 6) is -1.50. The third-order valence-corrected chi connectivity index (χ3v) is 4.41. The van der Waals surface area contributed by atoms with Crippen LogP contribution in [0.5, 0.6) is 28.7 Å². The Bertz CT molecular complexity index is 1110. The van der Waals surface area contributed by atoms with Gasteiger partial charge in [0.05, 0.1) is 0 Å². The molecule has 0 saturated heterocycles. The first-order valence-electron chi connectivity index (χ1n) is 8.75. The fourth-order valence-corrected chi connectivity index (χ4v) is 2.98. The maximum absolute atomic E-state index is 12.3. The zero-order chi connectivity index (χ0) is 19.5. The topological polar surface area (TPSA) is 75.6 Å². The van der Waals surface area contributed by atoms with Crippen molar-refractivity contribution in [3.8, 4) is 51.0 Å². The largest absolute Gasteiger partial charge is 2.00 e. The van der Waals surface area contributed by atoms with Crippen LogP contribution in [-0.2, 0) is 0 Å². The second-order valence-electron chi connectivity index (χ2n) is 6.32. The Hall–Kier alpha value is -2.66. The Kier molecular flexibility index (Phi) is 6.70. The fraction of sp³-hybridized carbons (Fsp3) is 0. The van der Waals surface area contributed by atoms with Crippen molar-refractivity contribution in [1.29, 1.82) is 0 Å². The molecule has 0 aliphatic carbocycles. The maximum Gasteiger partial charge on any atom is 2.00 e. The molecule has 0 amide bonds. The number of benzene rings is 4. The molecule has 0 aromatic heterocycles. The summed E-state index contributed by atoms with van der Waals surface area (Å²) < 4.78 is 5.66. The van der Waals surface area contributed by atoms with Gasteiger partial charge in [0, 0.05) is 0 Å². The van der Waals surface area contributed by atoms with Gasteiger partial charge < -0.3 is 20.1 Å². The third-order valence-electron chi connectivity index (χ3n) is 4.41. The van der Waals surface area contributed by atoms with E-state index in [0.29, 0.717) is 5.56 Å². The Morgan fingerprint density at radius 2 is 1.14 bits per heavy atom. The first-order chi connectivity index (χ1) is 13.6. The molecule has 0 aliphatic rings. The number of aromatic hydroxyl groups is 1. The molecule has 0 radical (unpaired) electrons. The molecule has 0 saturated carbocycles. The molecule has 0 fully saturated rings. The predicted octanol–water partition coefficient (Wildman–Crippen LogP) is 4.28. The van der Waals surface area contributed by atoms with Crippen LogP contribution in [0.2, 0.25) is 0 Å². The number of ether oxygens (including phenoxy) is 1. The molecule has 1 N–H and O–H groups in total. The van der Waals surface area contributed by atoms with Crippen molar-refractivity contribution in [2.24, 2.45) is 0 Å². The normalized spacial score (nSPS) is 10.2. The summed E-state index contributed by atoms with van der Waals surface area (Å²) in [4.78, 5) is 0. The van der Waals surface area contributed by atoms with Crippen LogP contribution in [0.15, 0.2) is 91.0 Å². The number of phenolic OH excluding ortho intramolecular Hbond substituents is 1. The van der Waals surface area contributed by atoms with Crippen LogP contribution in [0.4, 0.5) is 0 Å². The molecule has 4 rings (SSSR count). The summed E-state index contributed by atoms with van der Waals surface area (Å²) in [6, 6.07) is 26.5. The van der Waals surface area contributed by atoms with Gasteiger partial charge in [0.15, 0.2) is 0 Å². The SMILES string of the molecule is [Ca+2].[O-]c1ccc(-c2ccccc2)cc1Oc1cc(-c2ccccc2)cc(O)c1[O-]. The van der Waals surface area contributed by atoms with Crippen LogP contribution < -0.4 is 14.9 Å². The van der Waals surface area contributed by atoms with E-state index in [-0.39, 0.29) is 55.0 Å². The Morgan fingerprint density at radius 1 is 0.586 bits per heavy atom. The van der Waals surface area contributed by atoms with E-state index in [2.05, 4.69) is 0 Å². The van der Waals surface area contributed by atoms with E-state index in [0.717, 1.165) is 16.7 Å². The maximum atomic E-state index is 12.3. The van der Waals surface area contributed by atoms with Crippen LogP contribution in [0, 0.1) is 0 Å². The second kappa shape index (κ2) is 9.23. The second-order valence-corrected chi connectivity index (χ2v) is 6.32. The van der Waals surface area contributed by atoms with E-state index in [1.54, 1.807) is 12.1 Å². The minimum absolute atomic E-state index is 0. The number of hydrogen-bond acceptors (Lipinski definition) is 4. The predicted molar refractivity (Wildman–Crippen MR) is 110 cm³/mol. The molecule has 4 aromatic rings. The van der Waals surface area contributed by atoms with E-state index in [9.17, 15) is 15.3 Å². The van der Waals surface area contributed by atoms with Gasteiger partial charge in [-0.25, -0.2) is 0 Å². The number of hydrogen-bond donors (Lipinski definition) is 1. The molecule has 0 bridgehead atoms. The molecule has 5 heteroatoms. The zero-order valence-electron chi connectivity index (χ0n) is 15.5. The summed E-state index contributed by atoms with van der Waals surface area (Å²) in [6.45, 7) is 0. The van der Waals surface area contributed by atoms with E-state index in [1.807, 2.05) is 60.7 Å². The fourth-order valence-electron chi connectivity index (χ4n) is 2.98. The molecule has 29 heavy (non-hydrogen) atoms. The number of phenols is 1. The van der Waals surface area contributed by atoms with Gasteiger partial charge in [0.25, 0.3) is 0 Å². The monoisotopic (exact) mass is 408 g/mol. The van der Waals surface area contributed by atoms with Crippen LogP contribution in [-0.4, -0.2) is 42.8 Å². The molecule has 0 aliphatic heterocycles. The minimum atomic E-state index is -0.663. The van der Waals surface area contributed by atoms with Gasteiger partial charge in [-0.2, -0.15) is 0 Å². The van der Waals surface area contributed by atoms with Gasteiger partial charge >= 0.3 is 37.7 Å². The first kappa shape index (κ1) is 21.1. The summed E-state index contributed by atoms with van der Waals surface area (Å²) in [5.41, 5.74) is 3.17. The average molecular weight is 408 g/mol. The smallest absolute Gasteiger partial charge is 0.870 e. The van der Waals surface area contributed by atoms with Crippen molar-refractivity contribution in [2.75, 3.05) is 0 Å². The van der Waals surface area contributed by atoms with Crippen molar-refractivity contribution in [2.45, 2.75) is 0 Å². The van der Waals surface area contributed by atoms with Gasteiger partial charge in [-0.3, -0.25) is 0 Å². The Labute approximate surface area is 198 Å². The third kappa shape index (κ3) is 4.67. The van der Waals surface area contributed by atoms with Crippen LogP contribution in [0.3, 0.4) is 0 Å². The molecule has 0 spiro atoms. The van der Waals surface area contributed by atoms with E-state index in [4.69, 9.17) is 4.74 Å².